The van der Waals surface area contributed by atoms with E-state index in [1.807, 2.05) is 52.3 Å². The smallest absolute Gasteiger partial charge is 0.253 e. The van der Waals surface area contributed by atoms with Gasteiger partial charge in [-0.1, -0.05) is 49.4 Å². The van der Waals surface area contributed by atoms with E-state index in [2.05, 4.69) is 24.0 Å². The van der Waals surface area contributed by atoms with Crippen LogP contribution >= 0.6 is 0 Å². The molecule has 1 unspecified atom stereocenters. The van der Waals surface area contributed by atoms with E-state index in [4.69, 9.17) is 0 Å². The lowest BCUT2D eigenvalue weighted by Gasteiger charge is -2.37. The summed E-state index contributed by atoms with van der Waals surface area (Å²) >= 11 is 0. The van der Waals surface area contributed by atoms with Gasteiger partial charge in [-0.2, -0.15) is 0 Å². The van der Waals surface area contributed by atoms with Crippen molar-refractivity contribution in [2.24, 2.45) is 0 Å². The molecule has 1 atom stereocenters. The second-order valence-corrected chi connectivity index (χ2v) is 8.24. The summed E-state index contributed by atoms with van der Waals surface area (Å²) in [6, 6.07) is 18.2. The third-order valence-corrected chi connectivity index (χ3v) is 6.43. The standard InChI is InChI=1S/C25H31N3O2/c1-2-20-8-10-22(11-9-20)24(29)28-18-16-26(17-19-28)23-13-15-27(25(23)30)14-12-21-6-4-3-5-7-21/h3-11,23H,2,12-19H2,1H3. The topological polar surface area (TPSA) is 43.9 Å². The molecule has 0 radical (unpaired) electrons. The Labute approximate surface area is 179 Å². The van der Waals surface area contributed by atoms with E-state index in [0.29, 0.717) is 13.1 Å². The number of rotatable bonds is 6. The molecule has 0 aromatic heterocycles. The maximum Gasteiger partial charge on any atom is 0.253 e. The highest BCUT2D eigenvalue weighted by atomic mass is 16.2. The Morgan fingerprint density at radius 2 is 1.60 bits per heavy atom. The van der Waals surface area contributed by atoms with Gasteiger partial charge in [0.15, 0.2) is 0 Å². The van der Waals surface area contributed by atoms with Crippen molar-refractivity contribution < 1.29 is 9.59 Å². The van der Waals surface area contributed by atoms with Gasteiger partial charge >= 0.3 is 0 Å². The van der Waals surface area contributed by atoms with Crippen molar-refractivity contribution in [3.05, 3.63) is 71.3 Å². The van der Waals surface area contributed by atoms with Crippen LogP contribution in [0.25, 0.3) is 0 Å². The molecule has 2 amide bonds. The minimum atomic E-state index is -0.0261. The van der Waals surface area contributed by atoms with Crippen molar-refractivity contribution in [3.8, 4) is 0 Å². The number of nitrogens with zero attached hydrogens (tertiary/aromatic N) is 3. The average molecular weight is 406 g/mol. The zero-order valence-corrected chi connectivity index (χ0v) is 17.8. The Kier molecular flexibility index (Phi) is 6.48. The Morgan fingerprint density at radius 3 is 2.27 bits per heavy atom. The molecule has 2 aliphatic rings. The maximum absolute atomic E-state index is 12.9. The van der Waals surface area contributed by atoms with Gasteiger partial charge in [0.2, 0.25) is 5.91 Å². The van der Waals surface area contributed by atoms with Gasteiger partial charge in [-0.15, -0.1) is 0 Å². The highest BCUT2D eigenvalue weighted by Crippen LogP contribution is 2.20. The number of aryl methyl sites for hydroxylation is 1. The third kappa shape index (κ3) is 4.57. The van der Waals surface area contributed by atoms with Gasteiger partial charge in [0.1, 0.15) is 0 Å². The zero-order valence-electron chi connectivity index (χ0n) is 17.8. The molecule has 4 rings (SSSR count). The van der Waals surface area contributed by atoms with Crippen LogP contribution in [0.15, 0.2) is 54.6 Å². The lowest BCUT2D eigenvalue weighted by atomic mass is 10.1. The number of amides is 2. The van der Waals surface area contributed by atoms with Crippen LogP contribution in [0.2, 0.25) is 0 Å². The fraction of sp³-hybridized carbons (Fsp3) is 0.440. The summed E-state index contributed by atoms with van der Waals surface area (Å²) in [5, 5.41) is 0. The molecular formula is C25H31N3O2. The quantitative estimate of drug-likeness (QED) is 0.742. The van der Waals surface area contributed by atoms with Crippen molar-refractivity contribution in [2.45, 2.75) is 32.2 Å². The first kappa shape index (κ1) is 20.6. The van der Waals surface area contributed by atoms with Crippen molar-refractivity contribution >= 4 is 11.8 Å². The highest BCUT2D eigenvalue weighted by Gasteiger charge is 2.37. The summed E-state index contributed by atoms with van der Waals surface area (Å²) in [7, 11) is 0. The monoisotopic (exact) mass is 405 g/mol. The third-order valence-electron chi connectivity index (χ3n) is 6.43. The van der Waals surface area contributed by atoms with Gasteiger partial charge in [0.25, 0.3) is 5.91 Å². The highest BCUT2D eigenvalue weighted by molar-refractivity contribution is 5.94. The molecule has 0 spiro atoms. The van der Waals surface area contributed by atoms with Gasteiger partial charge in [0.05, 0.1) is 6.04 Å². The van der Waals surface area contributed by atoms with E-state index in [-0.39, 0.29) is 17.9 Å². The van der Waals surface area contributed by atoms with Crippen LogP contribution in [0.1, 0.15) is 34.8 Å². The first-order chi connectivity index (χ1) is 14.7. The molecule has 2 aromatic carbocycles. The molecular weight excluding hydrogens is 374 g/mol. The molecule has 2 aromatic rings. The Balaban J connectivity index is 1.27. The molecule has 0 bridgehead atoms. The number of hydrogen-bond donors (Lipinski definition) is 0. The SMILES string of the molecule is CCc1ccc(C(=O)N2CCN(C3CCN(CCc4ccccc4)C3=O)CC2)cc1. The molecule has 0 saturated carbocycles. The van der Waals surface area contributed by atoms with E-state index in [1.54, 1.807) is 0 Å². The molecule has 2 saturated heterocycles. The molecule has 5 heteroatoms. The van der Waals surface area contributed by atoms with E-state index in [0.717, 1.165) is 51.0 Å². The molecule has 2 aliphatic heterocycles. The van der Waals surface area contributed by atoms with Crippen LogP contribution in [-0.2, 0) is 17.6 Å². The second-order valence-electron chi connectivity index (χ2n) is 8.24. The number of carbonyl (C=O) groups is 2. The van der Waals surface area contributed by atoms with Crippen LogP contribution in [0.3, 0.4) is 0 Å². The van der Waals surface area contributed by atoms with Gasteiger partial charge in [0, 0.05) is 44.8 Å². The summed E-state index contributed by atoms with van der Waals surface area (Å²) in [5.74, 6) is 0.348. The zero-order chi connectivity index (χ0) is 20.9. The van der Waals surface area contributed by atoms with Crippen molar-refractivity contribution in [1.82, 2.24) is 14.7 Å². The van der Waals surface area contributed by atoms with Crippen LogP contribution in [0.4, 0.5) is 0 Å². The van der Waals surface area contributed by atoms with E-state index >= 15 is 0 Å². The summed E-state index contributed by atoms with van der Waals surface area (Å²) in [5.41, 5.74) is 3.27. The number of benzene rings is 2. The lowest BCUT2D eigenvalue weighted by molar-refractivity contribution is -0.132. The normalized spacial score (nSPS) is 20.0. The summed E-state index contributed by atoms with van der Waals surface area (Å²) < 4.78 is 0. The number of hydrogen-bond acceptors (Lipinski definition) is 3. The second kappa shape index (κ2) is 9.43. The van der Waals surface area contributed by atoms with Crippen LogP contribution in [0, 0.1) is 0 Å². The molecule has 2 heterocycles. The average Bonchev–Trinajstić information content (AvgIpc) is 3.18. The first-order valence-corrected chi connectivity index (χ1v) is 11.1. The fourth-order valence-corrected chi connectivity index (χ4v) is 4.49. The predicted octanol–water partition coefficient (Wildman–Crippen LogP) is 2.85. The Hall–Kier alpha value is -2.66. The van der Waals surface area contributed by atoms with Gasteiger partial charge in [-0.25, -0.2) is 0 Å². The maximum atomic E-state index is 12.9. The molecule has 158 valence electrons. The summed E-state index contributed by atoms with van der Waals surface area (Å²) in [4.78, 5) is 31.9. The van der Waals surface area contributed by atoms with Gasteiger partial charge < -0.3 is 9.80 Å². The molecule has 30 heavy (non-hydrogen) atoms. The molecule has 0 aliphatic carbocycles. The largest absolute Gasteiger partial charge is 0.341 e. The van der Waals surface area contributed by atoms with Gasteiger partial charge in [-0.05, 0) is 42.5 Å². The van der Waals surface area contributed by atoms with Crippen LogP contribution in [-0.4, -0.2) is 71.8 Å². The van der Waals surface area contributed by atoms with E-state index in [9.17, 15) is 9.59 Å². The number of piperazine rings is 1. The summed E-state index contributed by atoms with van der Waals surface area (Å²) in [6.07, 6.45) is 2.77. The van der Waals surface area contributed by atoms with Crippen molar-refractivity contribution in [2.75, 3.05) is 39.3 Å². The fourth-order valence-electron chi connectivity index (χ4n) is 4.49. The first-order valence-electron chi connectivity index (χ1n) is 11.1. The number of carbonyl (C=O) groups excluding carboxylic acids is 2. The lowest BCUT2D eigenvalue weighted by Crippen LogP contribution is -2.53. The van der Waals surface area contributed by atoms with Crippen molar-refractivity contribution in [3.63, 3.8) is 0 Å². The minimum absolute atomic E-state index is 0.0261. The minimum Gasteiger partial charge on any atom is -0.341 e. The van der Waals surface area contributed by atoms with Gasteiger partial charge in [-0.3, -0.25) is 14.5 Å². The number of likely N-dealkylation sites (tertiary alicyclic amines) is 1. The van der Waals surface area contributed by atoms with Crippen LogP contribution in [0.5, 0.6) is 0 Å². The van der Waals surface area contributed by atoms with Crippen molar-refractivity contribution in [1.29, 1.82) is 0 Å². The Bertz CT molecular complexity index is 858. The summed E-state index contributed by atoms with van der Waals surface area (Å²) in [6.45, 7) is 6.63. The van der Waals surface area contributed by atoms with E-state index in [1.165, 1.54) is 11.1 Å². The molecule has 2 fully saturated rings. The van der Waals surface area contributed by atoms with E-state index < -0.39 is 0 Å². The van der Waals surface area contributed by atoms with Crippen LogP contribution < -0.4 is 0 Å². The molecule has 0 N–H and O–H groups in total. The molecule has 5 nitrogen and oxygen atoms in total. The predicted molar refractivity (Wildman–Crippen MR) is 118 cm³/mol. The Morgan fingerprint density at radius 1 is 0.900 bits per heavy atom.